The van der Waals surface area contributed by atoms with Crippen molar-refractivity contribution in [3.8, 4) is 0 Å². The summed E-state index contributed by atoms with van der Waals surface area (Å²) in [5, 5.41) is 51.4. The van der Waals surface area contributed by atoms with Gasteiger partial charge in [-0.1, -0.05) is 0 Å². The fraction of sp³-hybridized carbons (Fsp3) is 0.500. The van der Waals surface area contributed by atoms with Crippen LogP contribution in [0.1, 0.15) is 0 Å². The van der Waals surface area contributed by atoms with Gasteiger partial charge >= 0.3 is 5.97 Å². The summed E-state index contributed by atoms with van der Waals surface area (Å²) in [5.74, 6) is -4.62. The molecule has 0 aliphatic rings. The standard InChI is InChI=1S/C6H10O7/c7-1-2(8)3(9)4(10)5(11)6(12)13/h2-3,7-11H,1H2,(H,12,13)/t2-,3-/m1/s1. The summed E-state index contributed by atoms with van der Waals surface area (Å²) in [4.78, 5) is 10.0. The molecule has 0 aromatic carbocycles. The smallest absolute Gasteiger partial charge is 0.374 e. The molecule has 0 amide bonds. The van der Waals surface area contributed by atoms with E-state index in [9.17, 15) is 4.79 Å². The monoisotopic (exact) mass is 194 g/mol. The summed E-state index contributed by atoms with van der Waals surface area (Å²) in [6.07, 6.45) is -3.78. The molecule has 2 atom stereocenters. The largest absolute Gasteiger partial charge is 0.506 e. The predicted octanol–water partition coefficient (Wildman–Crippen LogP) is -1.89. The number of carboxylic acids is 1. The van der Waals surface area contributed by atoms with Crippen molar-refractivity contribution in [1.29, 1.82) is 0 Å². The molecule has 7 heteroatoms. The third-order valence-corrected chi connectivity index (χ3v) is 1.28. The highest BCUT2D eigenvalue weighted by Gasteiger charge is 2.25. The van der Waals surface area contributed by atoms with Crippen LogP contribution in [0.4, 0.5) is 0 Å². The normalized spacial score (nSPS) is 17.5. The maximum absolute atomic E-state index is 10.0. The highest BCUT2D eigenvalue weighted by atomic mass is 16.4. The third-order valence-electron chi connectivity index (χ3n) is 1.28. The lowest BCUT2D eigenvalue weighted by Gasteiger charge is -2.14. The van der Waals surface area contributed by atoms with Gasteiger partial charge < -0.3 is 30.6 Å². The van der Waals surface area contributed by atoms with E-state index in [-0.39, 0.29) is 0 Å². The van der Waals surface area contributed by atoms with E-state index in [2.05, 4.69) is 0 Å². The molecule has 0 aliphatic carbocycles. The van der Waals surface area contributed by atoms with E-state index >= 15 is 0 Å². The van der Waals surface area contributed by atoms with E-state index < -0.39 is 36.3 Å². The van der Waals surface area contributed by atoms with E-state index in [1.165, 1.54) is 0 Å². The molecule has 0 rings (SSSR count). The Kier molecular flexibility index (Phi) is 4.18. The second-order valence-corrected chi connectivity index (χ2v) is 2.23. The summed E-state index contributed by atoms with van der Waals surface area (Å²) in [7, 11) is 0. The van der Waals surface area contributed by atoms with Crippen LogP contribution in [0.25, 0.3) is 0 Å². The number of carbonyl (C=O) groups is 1. The first kappa shape index (κ1) is 11.7. The highest BCUT2D eigenvalue weighted by molar-refractivity contribution is 5.84. The molecule has 0 saturated heterocycles. The van der Waals surface area contributed by atoms with Gasteiger partial charge in [-0.2, -0.15) is 0 Å². The van der Waals surface area contributed by atoms with Crippen molar-refractivity contribution in [2.45, 2.75) is 12.2 Å². The van der Waals surface area contributed by atoms with Gasteiger partial charge in [-0.05, 0) is 0 Å². The minimum absolute atomic E-state index is 0.877. The first-order valence-electron chi connectivity index (χ1n) is 3.24. The van der Waals surface area contributed by atoms with Crippen molar-refractivity contribution < 1.29 is 35.4 Å². The molecule has 0 aromatic heterocycles. The van der Waals surface area contributed by atoms with Gasteiger partial charge in [-0.25, -0.2) is 4.79 Å². The maximum atomic E-state index is 10.0. The van der Waals surface area contributed by atoms with Gasteiger partial charge in [0.1, 0.15) is 12.2 Å². The zero-order valence-electron chi connectivity index (χ0n) is 6.45. The molecule has 0 bridgehead atoms. The van der Waals surface area contributed by atoms with E-state index in [1.54, 1.807) is 0 Å². The number of rotatable bonds is 4. The summed E-state index contributed by atoms with van der Waals surface area (Å²) in [6.45, 7) is -0.877. The highest BCUT2D eigenvalue weighted by Crippen LogP contribution is 2.07. The molecule has 0 heterocycles. The van der Waals surface area contributed by atoms with E-state index in [1.807, 2.05) is 0 Å². The van der Waals surface area contributed by atoms with Gasteiger partial charge in [-0.15, -0.1) is 0 Å². The predicted molar refractivity (Wildman–Crippen MR) is 39.0 cm³/mol. The topological polar surface area (TPSA) is 138 Å². The Labute approximate surface area is 72.8 Å². The molecule has 0 fully saturated rings. The molecule has 0 spiro atoms. The quantitative estimate of drug-likeness (QED) is 0.227. The molecule has 6 N–H and O–H groups in total. The molecule has 76 valence electrons. The summed E-state index contributed by atoms with van der Waals surface area (Å²) in [5.41, 5.74) is 0. The molecular weight excluding hydrogens is 184 g/mol. The van der Waals surface area contributed by atoms with Crippen molar-refractivity contribution in [1.82, 2.24) is 0 Å². The minimum atomic E-state index is -2.03. The van der Waals surface area contributed by atoms with Gasteiger partial charge in [-0.3, -0.25) is 0 Å². The molecule has 0 aliphatic heterocycles. The van der Waals surface area contributed by atoms with Crippen LogP contribution < -0.4 is 0 Å². The zero-order chi connectivity index (χ0) is 10.6. The second kappa shape index (κ2) is 4.65. The summed E-state index contributed by atoms with van der Waals surface area (Å²) in [6, 6.07) is 0. The minimum Gasteiger partial charge on any atom is -0.506 e. The molecule has 0 aromatic rings. The number of carboxylic acid groups (broad SMARTS) is 1. The lowest BCUT2D eigenvalue weighted by molar-refractivity contribution is -0.136. The Hall–Kier alpha value is -1.31. The van der Waals surface area contributed by atoms with Crippen LogP contribution in [0.3, 0.4) is 0 Å². The van der Waals surface area contributed by atoms with E-state index in [4.69, 9.17) is 30.6 Å². The maximum Gasteiger partial charge on any atom is 0.374 e. The number of aliphatic hydroxyl groups is 5. The van der Waals surface area contributed by atoms with Crippen LogP contribution in [0.5, 0.6) is 0 Å². The van der Waals surface area contributed by atoms with Crippen molar-refractivity contribution >= 4 is 5.97 Å². The zero-order valence-corrected chi connectivity index (χ0v) is 6.45. The van der Waals surface area contributed by atoms with E-state index in [0.29, 0.717) is 0 Å². The van der Waals surface area contributed by atoms with Gasteiger partial charge in [0.2, 0.25) is 5.76 Å². The Morgan fingerprint density at radius 3 is 1.92 bits per heavy atom. The fourth-order valence-electron chi connectivity index (χ4n) is 0.532. The average Bonchev–Trinajstić information content (AvgIpc) is 2.12. The number of aliphatic carboxylic acids is 1. The molecule has 7 nitrogen and oxygen atoms in total. The van der Waals surface area contributed by atoms with Crippen LogP contribution >= 0.6 is 0 Å². The number of hydrogen-bond donors (Lipinski definition) is 6. The van der Waals surface area contributed by atoms with Gasteiger partial charge in [0.15, 0.2) is 5.76 Å². The molecule has 13 heavy (non-hydrogen) atoms. The van der Waals surface area contributed by atoms with Crippen LogP contribution in [-0.2, 0) is 4.79 Å². The average molecular weight is 194 g/mol. The Morgan fingerprint density at radius 2 is 1.62 bits per heavy atom. The lowest BCUT2D eigenvalue weighted by Crippen LogP contribution is -2.32. The summed E-state index contributed by atoms with van der Waals surface area (Å²) < 4.78 is 0. The van der Waals surface area contributed by atoms with Crippen molar-refractivity contribution in [3.63, 3.8) is 0 Å². The number of aliphatic hydroxyl groups excluding tert-OH is 5. The molecular formula is C6H10O7. The Morgan fingerprint density at radius 1 is 1.15 bits per heavy atom. The van der Waals surface area contributed by atoms with Crippen molar-refractivity contribution in [2.75, 3.05) is 6.61 Å². The van der Waals surface area contributed by atoms with Crippen molar-refractivity contribution in [2.24, 2.45) is 0 Å². The second-order valence-electron chi connectivity index (χ2n) is 2.23. The summed E-state index contributed by atoms with van der Waals surface area (Å²) >= 11 is 0. The Bertz CT molecular complexity index is 221. The first-order valence-corrected chi connectivity index (χ1v) is 3.24. The molecule has 0 unspecified atom stereocenters. The van der Waals surface area contributed by atoms with Gasteiger partial charge in [0, 0.05) is 0 Å². The first-order chi connectivity index (χ1) is 5.91. The van der Waals surface area contributed by atoms with E-state index in [0.717, 1.165) is 0 Å². The van der Waals surface area contributed by atoms with Crippen LogP contribution in [-0.4, -0.2) is 55.4 Å². The van der Waals surface area contributed by atoms with Crippen LogP contribution in [0.2, 0.25) is 0 Å². The van der Waals surface area contributed by atoms with Crippen LogP contribution in [0, 0.1) is 0 Å². The lowest BCUT2D eigenvalue weighted by atomic mass is 10.1. The van der Waals surface area contributed by atoms with Gasteiger partial charge in [0.05, 0.1) is 6.61 Å². The van der Waals surface area contributed by atoms with Gasteiger partial charge in [0.25, 0.3) is 0 Å². The van der Waals surface area contributed by atoms with Crippen molar-refractivity contribution in [3.05, 3.63) is 11.5 Å². The van der Waals surface area contributed by atoms with Crippen LogP contribution in [0.15, 0.2) is 11.5 Å². The molecule has 0 saturated carbocycles. The SMILES string of the molecule is O=C(O)C(O)=C(O)[C@H](O)[C@H](O)CO. The fourth-order valence-corrected chi connectivity index (χ4v) is 0.532. The Balaban J connectivity index is 4.66. The number of hydrogen-bond acceptors (Lipinski definition) is 6. The third kappa shape index (κ3) is 2.90. The molecule has 0 radical (unpaired) electrons.